The molecule has 0 saturated heterocycles. The van der Waals surface area contributed by atoms with Gasteiger partial charge in [0.1, 0.15) is 18.1 Å². The van der Waals surface area contributed by atoms with Crippen molar-refractivity contribution in [2.24, 2.45) is 0 Å². The third kappa shape index (κ3) is 5.61. The molecule has 7 nitrogen and oxygen atoms in total. The van der Waals surface area contributed by atoms with Crippen molar-refractivity contribution in [3.8, 4) is 5.75 Å². The lowest BCUT2D eigenvalue weighted by Gasteiger charge is -2.16. The van der Waals surface area contributed by atoms with Crippen LogP contribution in [0.3, 0.4) is 0 Å². The number of hydrogen-bond acceptors (Lipinski definition) is 6. The second-order valence-corrected chi connectivity index (χ2v) is 7.80. The zero-order valence-corrected chi connectivity index (χ0v) is 16.2. The van der Waals surface area contributed by atoms with Gasteiger partial charge in [-0.3, -0.25) is 9.59 Å². The van der Waals surface area contributed by atoms with E-state index in [9.17, 15) is 22.4 Å². The summed E-state index contributed by atoms with van der Waals surface area (Å²) < 4.78 is 48.5. The van der Waals surface area contributed by atoms with Gasteiger partial charge in [0, 0.05) is 12.6 Å². The summed E-state index contributed by atoms with van der Waals surface area (Å²) in [6.45, 7) is 1.23. The van der Waals surface area contributed by atoms with Crippen LogP contribution >= 0.6 is 0 Å². The molecule has 0 saturated carbocycles. The number of carbonyl (C=O) groups is 2. The van der Waals surface area contributed by atoms with Crippen LogP contribution in [0, 0.1) is 5.82 Å². The summed E-state index contributed by atoms with van der Waals surface area (Å²) in [6, 6.07) is 10.6. The van der Waals surface area contributed by atoms with E-state index in [-0.39, 0.29) is 4.90 Å². The Morgan fingerprint density at radius 2 is 1.64 bits per heavy atom. The molecule has 0 N–H and O–H groups in total. The number of ketones is 1. The first-order valence-corrected chi connectivity index (χ1v) is 9.81. The zero-order valence-electron chi connectivity index (χ0n) is 15.4. The highest BCUT2D eigenvalue weighted by Gasteiger charge is 2.24. The third-order valence-corrected chi connectivity index (χ3v) is 5.54. The summed E-state index contributed by atoms with van der Waals surface area (Å²) in [5.74, 6) is -1.27. The Bertz CT molecular complexity index is 926. The van der Waals surface area contributed by atoms with Gasteiger partial charge in [-0.15, -0.1) is 0 Å². The van der Waals surface area contributed by atoms with E-state index in [0.717, 1.165) is 28.6 Å². The van der Waals surface area contributed by atoms with Crippen LogP contribution in [0.4, 0.5) is 4.39 Å². The smallest absolute Gasteiger partial charge is 0.321 e. The first kappa shape index (κ1) is 21.5. The summed E-state index contributed by atoms with van der Waals surface area (Å²) in [7, 11) is -2.80. The number of sulfonamides is 1. The van der Waals surface area contributed by atoms with Crippen molar-refractivity contribution in [2.75, 3.05) is 26.8 Å². The van der Waals surface area contributed by atoms with E-state index in [4.69, 9.17) is 9.47 Å². The molecule has 0 atom stereocenters. The minimum absolute atomic E-state index is 0.158. The maximum Gasteiger partial charge on any atom is 0.321 e. The Morgan fingerprint density at radius 3 is 2.21 bits per heavy atom. The monoisotopic (exact) mass is 409 g/mol. The van der Waals surface area contributed by atoms with Gasteiger partial charge in [0.15, 0.2) is 12.4 Å². The number of benzene rings is 2. The topological polar surface area (TPSA) is 90.0 Å². The summed E-state index contributed by atoms with van der Waals surface area (Å²) in [5.41, 5.74) is 0.337. The van der Waals surface area contributed by atoms with Crippen molar-refractivity contribution in [1.29, 1.82) is 0 Å². The molecule has 150 valence electrons. The van der Waals surface area contributed by atoms with Gasteiger partial charge in [-0.1, -0.05) is 0 Å². The van der Waals surface area contributed by atoms with E-state index >= 15 is 0 Å². The normalized spacial score (nSPS) is 11.3. The standard InChI is InChI=1S/C19H20FNO6S/c1-3-26-16-8-4-14(5-9-16)18(22)13-27-19(23)12-21(2)28(24,25)17-10-6-15(20)7-11-17/h4-11H,3,12-13H2,1-2H3. The van der Waals surface area contributed by atoms with Gasteiger partial charge in [0.2, 0.25) is 10.0 Å². The summed E-state index contributed by atoms with van der Waals surface area (Å²) in [6.07, 6.45) is 0. The first-order chi connectivity index (χ1) is 13.2. The SMILES string of the molecule is CCOc1ccc(C(=O)COC(=O)CN(C)S(=O)(=O)c2ccc(F)cc2)cc1. The predicted octanol–water partition coefficient (Wildman–Crippen LogP) is 2.27. The van der Waals surface area contributed by atoms with Crippen molar-refractivity contribution >= 4 is 21.8 Å². The maximum absolute atomic E-state index is 12.9. The lowest BCUT2D eigenvalue weighted by molar-refractivity contribution is -0.142. The molecular formula is C19H20FNO6S. The number of esters is 1. The number of nitrogens with zero attached hydrogens (tertiary/aromatic N) is 1. The molecule has 2 aromatic rings. The van der Waals surface area contributed by atoms with E-state index in [1.165, 1.54) is 7.05 Å². The highest BCUT2D eigenvalue weighted by molar-refractivity contribution is 7.89. The van der Waals surface area contributed by atoms with Crippen LogP contribution in [0.15, 0.2) is 53.4 Å². The summed E-state index contributed by atoms with van der Waals surface area (Å²) >= 11 is 0. The highest BCUT2D eigenvalue weighted by Crippen LogP contribution is 2.15. The molecule has 28 heavy (non-hydrogen) atoms. The van der Waals surface area contributed by atoms with Crippen LogP contribution in [0.2, 0.25) is 0 Å². The predicted molar refractivity (Wildman–Crippen MR) is 99.1 cm³/mol. The Balaban J connectivity index is 1.90. The second-order valence-electron chi connectivity index (χ2n) is 5.76. The van der Waals surface area contributed by atoms with Crippen molar-refractivity contribution in [3.05, 3.63) is 59.9 Å². The molecule has 0 bridgehead atoms. The molecule has 0 amide bonds. The fourth-order valence-corrected chi connectivity index (χ4v) is 3.35. The number of carbonyl (C=O) groups excluding carboxylic acids is 2. The van der Waals surface area contributed by atoms with Crippen LogP contribution in [-0.4, -0.2) is 51.3 Å². The number of Topliss-reactive ketones (excluding diaryl/α,β-unsaturated/α-hetero) is 1. The van der Waals surface area contributed by atoms with Crippen molar-refractivity contribution < 1.29 is 31.9 Å². The molecule has 0 fully saturated rings. The quantitative estimate of drug-likeness (QED) is 0.466. The molecule has 2 aromatic carbocycles. The second kappa shape index (κ2) is 9.43. The minimum atomic E-state index is -3.98. The fraction of sp³-hybridized carbons (Fsp3) is 0.263. The van der Waals surface area contributed by atoms with Gasteiger partial charge >= 0.3 is 5.97 Å². The number of halogens is 1. The van der Waals surface area contributed by atoms with Crippen LogP contribution in [-0.2, 0) is 19.6 Å². The Hall–Kier alpha value is -2.78. The number of hydrogen-bond donors (Lipinski definition) is 0. The van der Waals surface area contributed by atoms with Gasteiger partial charge in [-0.25, -0.2) is 12.8 Å². The molecule has 0 radical (unpaired) electrons. The number of rotatable bonds is 9. The summed E-state index contributed by atoms with van der Waals surface area (Å²) in [4.78, 5) is 23.8. The molecule has 2 rings (SSSR count). The average Bonchev–Trinajstić information content (AvgIpc) is 2.67. The Kier molecular flexibility index (Phi) is 7.24. The van der Waals surface area contributed by atoms with E-state index < -0.39 is 40.7 Å². The lowest BCUT2D eigenvalue weighted by atomic mass is 10.1. The molecule has 0 spiro atoms. The number of likely N-dealkylation sites (N-methyl/N-ethyl adjacent to an activating group) is 1. The van der Waals surface area contributed by atoms with Gasteiger partial charge in [-0.2, -0.15) is 4.31 Å². The van der Waals surface area contributed by atoms with E-state index in [1.54, 1.807) is 24.3 Å². The zero-order chi connectivity index (χ0) is 20.7. The Morgan fingerprint density at radius 1 is 1.04 bits per heavy atom. The third-order valence-electron chi connectivity index (χ3n) is 3.73. The van der Waals surface area contributed by atoms with E-state index in [1.807, 2.05) is 6.92 Å². The van der Waals surface area contributed by atoms with Gasteiger partial charge in [-0.05, 0) is 55.5 Å². The van der Waals surface area contributed by atoms with E-state index in [2.05, 4.69) is 0 Å². The molecule has 9 heteroatoms. The molecule has 0 unspecified atom stereocenters. The van der Waals surface area contributed by atoms with E-state index in [0.29, 0.717) is 17.9 Å². The molecular weight excluding hydrogens is 389 g/mol. The van der Waals surface area contributed by atoms with Gasteiger partial charge < -0.3 is 9.47 Å². The molecule has 0 heterocycles. The molecule has 0 aliphatic carbocycles. The van der Waals surface area contributed by atoms with Gasteiger partial charge in [0.25, 0.3) is 0 Å². The minimum Gasteiger partial charge on any atom is -0.494 e. The first-order valence-electron chi connectivity index (χ1n) is 8.37. The fourth-order valence-electron chi connectivity index (χ4n) is 2.23. The van der Waals surface area contributed by atoms with Crippen LogP contribution in [0.5, 0.6) is 5.75 Å². The van der Waals surface area contributed by atoms with Crippen LogP contribution in [0.1, 0.15) is 17.3 Å². The lowest BCUT2D eigenvalue weighted by Crippen LogP contribution is -2.33. The van der Waals surface area contributed by atoms with Crippen LogP contribution in [0.25, 0.3) is 0 Å². The highest BCUT2D eigenvalue weighted by atomic mass is 32.2. The van der Waals surface area contributed by atoms with Crippen molar-refractivity contribution in [3.63, 3.8) is 0 Å². The largest absolute Gasteiger partial charge is 0.494 e. The average molecular weight is 409 g/mol. The molecule has 0 aliphatic rings. The van der Waals surface area contributed by atoms with Crippen molar-refractivity contribution in [2.45, 2.75) is 11.8 Å². The van der Waals surface area contributed by atoms with Crippen molar-refractivity contribution in [1.82, 2.24) is 4.31 Å². The van der Waals surface area contributed by atoms with Crippen LogP contribution < -0.4 is 4.74 Å². The maximum atomic E-state index is 12.9. The summed E-state index contributed by atoms with van der Waals surface area (Å²) in [5, 5.41) is 0. The number of ether oxygens (including phenoxy) is 2. The molecule has 0 aliphatic heterocycles. The molecule has 0 aromatic heterocycles. The Labute approximate surface area is 162 Å². The van der Waals surface area contributed by atoms with Gasteiger partial charge in [0.05, 0.1) is 11.5 Å².